The topological polar surface area (TPSA) is 45.0 Å². The zero-order valence-corrected chi connectivity index (χ0v) is 10.2. The summed E-state index contributed by atoms with van der Waals surface area (Å²) in [6, 6.07) is 17.3. The lowest BCUT2D eigenvalue weighted by molar-refractivity contribution is 0.901. The highest BCUT2D eigenvalue weighted by molar-refractivity contribution is 8.14. The van der Waals surface area contributed by atoms with Crippen molar-refractivity contribution < 1.29 is 0 Å². The summed E-state index contributed by atoms with van der Waals surface area (Å²) in [4.78, 5) is 11.8. The van der Waals surface area contributed by atoms with Gasteiger partial charge in [-0.1, -0.05) is 54.2 Å². The number of nitroso groups, excluding NO2 is 1. The number of thioether (sulfide) groups is 1. The number of hydrogen-bond acceptors (Lipinski definition) is 4. The molecule has 0 bridgehead atoms. The maximum atomic E-state index is 10.9. The van der Waals surface area contributed by atoms with Gasteiger partial charge in [0, 0.05) is 10.5 Å². The van der Waals surface area contributed by atoms with E-state index in [2.05, 4.69) is 10.4 Å². The van der Waals surface area contributed by atoms with Gasteiger partial charge in [-0.05, 0) is 12.1 Å². The predicted molar refractivity (Wildman–Crippen MR) is 73.6 cm³/mol. The number of rotatable bonds is 2. The number of nitrogens with zero attached hydrogens (tertiary/aromatic N) is 3. The molecule has 4 nitrogen and oxygen atoms in total. The zero-order chi connectivity index (χ0) is 12.4. The van der Waals surface area contributed by atoms with Crippen LogP contribution in [0.3, 0.4) is 0 Å². The van der Waals surface area contributed by atoms with Gasteiger partial charge >= 0.3 is 0 Å². The summed E-state index contributed by atoms with van der Waals surface area (Å²) in [7, 11) is 0. The second kappa shape index (κ2) is 4.62. The molecule has 0 aromatic heterocycles. The molecule has 1 aliphatic rings. The molecule has 5 heteroatoms. The van der Waals surface area contributed by atoms with Crippen molar-refractivity contribution in [2.75, 3.05) is 5.12 Å². The summed E-state index contributed by atoms with van der Waals surface area (Å²) in [5.74, 6) is 0. The summed E-state index contributed by atoms with van der Waals surface area (Å²) < 4.78 is 0. The normalized spacial score (nSPS) is 13.8. The van der Waals surface area contributed by atoms with Crippen molar-refractivity contribution in [1.29, 1.82) is 0 Å². The van der Waals surface area contributed by atoms with Crippen LogP contribution in [-0.2, 0) is 0 Å². The molecule has 0 saturated carbocycles. The van der Waals surface area contributed by atoms with Gasteiger partial charge in [-0.2, -0.15) is 0 Å². The Bertz CT molecular complexity index is 613. The third kappa shape index (κ3) is 1.89. The lowest BCUT2D eigenvalue weighted by Crippen LogP contribution is -2.15. The number of hydrazone groups is 1. The highest BCUT2D eigenvalue weighted by atomic mass is 32.2. The molecule has 1 heterocycles. The lowest BCUT2D eigenvalue weighted by Gasteiger charge is -2.20. The van der Waals surface area contributed by atoms with E-state index >= 15 is 0 Å². The first kappa shape index (κ1) is 11.0. The minimum absolute atomic E-state index is 0.720. The van der Waals surface area contributed by atoms with Crippen LogP contribution in [0.2, 0.25) is 0 Å². The molecule has 88 valence electrons. The maximum Gasteiger partial charge on any atom is 0.131 e. The third-order valence-electron chi connectivity index (χ3n) is 2.57. The van der Waals surface area contributed by atoms with Crippen LogP contribution < -0.4 is 5.12 Å². The van der Waals surface area contributed by atoms with Crippen molar-refractivity contribution in [2.45, 2.75) is 4.90 Å². The lowest BCUT2D eigenvalue weighted by atomic mass is 10.2. The van der Waals surface area contributed by atoms with Crippen LogP contribution in [-0.4, -0.2) is 5.04 Å². The molecular weight excluding hydrogens is 246 g/mol. The second-order valence-electron chi connectivity index (χ2n) is 3.71. The Morgan fingerprint density at radius 1 is 1.00 bits per heavy atom. The molecule has 0 aliphatic carbocycles. The molecule has 3 rings (SSSR count). The van der Waals surface area contributed by atoms with Crippen LogP contribution in [0, 0.1) is 4.91 Å². The van der Waals surface area contributed by atoms with Gasteiger partial charge in [0.2, 0.25) is 0 Å². The van der Waals surface area contributed by atoms with E-state index in [1.54, 1.807) is 0 Å². The van der Waals surface area contributed by atoms with Gasteiger partial charge in [0.15, 0.2) is 0 Å². The minimum Gasteiger partial charge on any atom is -0.140 e. The second-order valence-corrected chi connectivity index (χ2v) is 4.74. The molecule has 18 heavy (non-hydrogen) atoms. The fourth-order valence-electron chi connectivity index (χ4n) is 1.73. The molecule has 0 radical (unpaired) electrons. The van der Waals surface area contributed by atoms with Gasteiger partial charge in [-0.3, -0.25) is 0 Å². The van der Waals surface area contributed by atoms with Crippen molar-refractivity contribution in [2.24, 2.45) is 10.4 Å². The smallest absolute Gasteiger partial charge is 0.131 e. The van der Waals surface area contributed by atoms with Gasteiger partial charge in [-0.15, -0.1) is 15.1 Å². The standard InChI is InChI=1S/C13H9N3OS/c17-15-16-11-8-4-5-9-12(11)18-13(14-16)10-6-2-1-3-7-10/h1-9H. The van der Waals surface area contributed by atoms with Crippen molar-refractivity contribution in [3.05, 3.63) is 65.1 Å². The largest absolute Gasteiger partial charge is 0.140 e. The van der Waals surface area contributed by atoms with Crippen LogP contribution in [0.5, 0.6) is 0 Å². The Hall–Kier alpha value is -2.14. The maximum absolute atomic E-state index is 10.9. The average Bonchev–Trinajstić information content (AvgIpc) is 2.47. The molecule has 0 saturated heterocycles. The fourth-order valence-corrected chi connectivity index (χ4v) is 2.71. The molecule has 2 aromatic rings. The van der Waals surface area contributed by atoms with E-state index in [9.17, 15) is 4.91 Å². The first-order valence-electron chi connectivity index (χ1n) is 5.43. The number of benzene rings is 2. The SMILES string of the molecule is O=NN1N=C(c2ccccc2)Sc2ccccc21. The summed E-state index contributed by atoms with van der Waals surface area (Å²) in [6.07, 6.45) is 0. The van der Waals surface area contributed by atoms with E-state index in [0.29, 0.717) is 0 Å². The molecule has 1 aliphatic heterocycles. The van der Waals surface area contributed by atoms with Crippen molar-refractivity contribution >= 4 is 22.5 Å². The highest BCUT2D eigenvalue weighted by Gasteiger charge is 2.21. The van der Waals surface area contributed by atoms with Crippen molar-refractivity contribution in [3.8, 4) is 0 Å². The Morgan fingerprint density at radius 2 is 1.72 bits per heavy atom. The molecule has 0 spiro atoms. The van der Waals surface area contributed by atoms with Crippen LogP contribution in [0.15, 0.2) is 69.9 Å². The Morgan fingerprint density at radius 3 is 2.50 bits per heavy atom. The molecule has 0 amide bonds. The van der Waals surface area contributed by atoms with Gasteiger partial charge < -0.3 is 0 Å². The van der Waals surface area contributed by atoms with Crippen LogP contribution in [0.4, 0.5) is 5.69 Å². The molecule has 0 fully saturated rings. The van der Waals surface area contributed by atoms with E-state index < -0.39 is 0 Å². The molecular formula is C13H9N3OS. The molecule has 0 N–H and O–H groups in total. The Balaban J connectivity index is 2.06. The van der Waals surface area contributed by atoms with Crippen molar-refractivity contribution in [3.63, 3.8) is 0 Å². The zero-order valence-electron chi connectivity index (χ0n) is 9.35. The summed E-state index contributed by atoms with van der Waals surface area (Å²) >= 11 is 1.54. The number of fused-ring (bicyclic) bond motifs is 1. The summed E-state index contributed by atoms with van der Waals surface area (Å²) in [5.41, 5.74) is 1.70. The average molecular weight is 255 g/mol. The van der Waals surface area contributed by atoms with Crippen LogP contribution in [0.25, 0.3) is 0 Å². The van der Waals surface area contributed by atoms with Gasteiger partial charge in [-0.25, -0.2) is 0 Å². The van der Waals surface area contributed by atoms with E-state index in [0.717, 1.165) is 26.3 Å². The molecule has 0 unspecified atom stereocenters. The van der Waals surface area contributed by atoms with E-state index in [1.807, 2.05) is 54.6 Å². The monoisotopic (exact) mass is 255 g/mol. The number of anilines is 1. The number of hydrogen-bond donors (Lipinski definition) is 0. The Kier molecular flexibility index (Phi) is 2.82. The summed E-state index contributed by atoms with van der Waals surface area (Å²) in [6.45, 7) is 0. The van der Waals surface area contributed by atoms with Crippen LogP contribution >= 0.6 is 11.8 Å². The van der Waals surface area contributed by atoms with Crippen LogP contribution in [0.1, 0.15) is 5.56 Å². The predicted octanol–water partition coefficient (Wildman–Crippen LogP) is 3.64. The third-order valence-corrected chi connectivity index (χ3v) is 3.65. The quantitative estimate of drug-likeness (QED) is 0.769. The van der Waals surface area contributed by atoms with Gasteiger partial charge in [0.1, 0.15) is 10.7 Å². The van der Waals surface area contributed by atoms with Gasteiger partial charge in [0.25, 0.3) is 0 Å². The molecule has 2 aromatic carbocycles. The Labute approximate surface area is 108 Å². The van der Waals surface area contributed by atoms with E-state index in [-0.39, 0.29) is 0 Å². The fraction of sp³-hybridized carbons (Fsp3) is 0. The first-order chi connectivity index (χ1) is 8.88. The van der Waals surface area contributed by atoms with Crippen molar-refractivity contribution in [1.82, 2.24) is 0 Å². The highest BCUT2D eigenvalue weighted by Crippen LogP contribution is 2.37. The first-order valence-corrected chi connectivity index (χ1v) is 6.24. The van der Waals surface area contributed by atoms with E-state index in [4.69, 9.17) is 0 Å². The van der Waals surface area contributed by atoms with Gasteiger partial charge in [0.05, 0.1) is 5.29 Å². The molecule has 0 atom stereocenters. The summed E-state index contributed by atoms with van der Waals surface area (Å²) in [5, 5.41) is 9.10. The van der Waals surface area contributed by atoms with E-state index in [1.165, 1.54) is 11.8 Å². The number of para-hydroxylation sites is 1. The minimum atomic E-state index is 0.720.